The number of rotatable bonds is 5. The minimum Gasteiger partial charge on any atom is -0.0622 e. The second-order valence-electron chi connectivity index (χ2n) is 9.93. The van der Waals surface area contributed by atoms with E-state index in [1.165, 1.54) is 66.8 Å². The largest absolute Gasteiger partial charge is 0.0622 e. The Labute approximate surface area is 225 Å². The van der Waals surface area contributed by atoms with Gasteiger partial charge in [0.25, 0.3) is 0 Å². The molecular weight excluding hydrogens is 456 g/mol. The molecule has 0 aliphatic rings. The first-order valence-corrected chi connectivity index (χ1v) is 13.2. The van der Waals surface area contributed by atoms with Gasteiger partial charge in [0.2, 0.25) is 0 Å². The van der Waals surface area contributed by atoms with E-state index in [2.05, 4.69) is 159 Å². The van der Waals surface area contributed by atoms with Gasteiger partial charge in [-0.3, -0.25) is 0 Å². The Morgan fingerprint density at radius 1 is 0.289 bits per heavy atom. The lowest BCUT2D eigenvalue weighted by molar-refractivity contribution is 1.45. The summed E-state index contributed by atoms with van der Waals surface area (Å²) < 4.78 is 0. The van der Waals surface area contributed by atoms with Crippen molar-refractivity contribution in [1.29, 1.82) is 0 Å². The third kappa shape index (κ3) is 4.58. The first-order chi connectivity index (χ1) is 18.7. The molecule has 0 heteroatoms. The maximum atomic E-state index is 2.41. The number of hydrogen-bond donors (Lipinski definition) is 0. The van der Waals surface area contributed by atoms with Crippen molar-refractivity contribution in [1.82, 2.24) is 0 Å². The van der Waals surface area contributed by atoms with Crippen LogP contribution in [-0.2, 0) is 0 Å². The van der Waals surface area contributed by atoms with Crippen LogP contribution in [0.5, 0.6) is 0 Å². The highest BCUT2D eigenvalue weighted by molar-refractivity contribution is 6.07. The monoisotopic (exact) mass is 486 g/mol. The fourth-order valence-corrected chi connectivity index (χ4v) is 5.31. The van der Waals surface area contributed by atoms with Gasteiger partial charge in [-0.25, -0.2) is 0 Å². The normalized spacial score (nSPS) is 10.9. The summed E-state index contributed by atoms with van der Waals surface area (Å²) in [5.41, 5.74) is 14.9. The van der Waals surface area contributed by atoms with Crippen LogP contribution >= 0.6 is 0 Å². The Morgan fingerprint density at radius 3 is 1.05 bits per heavy atom. The van der Waals surface area contributed by atoms with Gasteiger partial charge in [0, 0.05) is 0 Å². The summed E-state index contributed by atoms with van der Waals surface area (Å²) in [5, 5.41) is 0. The third-order valence-corrected chi connectivity index (χ3v) is 7.24. The second-order valence-corrected chi connectivity index (χ2v) is 9.93. The van der Waals surface area contributed by atoms with Crippen molar-refractivity contribution < 1.29 is 0 Å². The summed E-state index contributed by atoms with van der Waals surface area (Å²) in [7, 11) is 0. The fourth-order valence-electron chi connectivity index (χ4n) is 5.31. The maximum Gasteiger partial charge on any atom is -0.00143 e. The lowest BCUT2D eigenvalue weighted by Gasteiger charge is -2.24. The van der Waals surface area contributed by atoms with Crippen molar-refractivity contribution in [3.05, 3.63) is 157 Å². The molecule has 182 valence electrons. The average molecular weight is 487 g/mol. The van der Waals surface area contributed by atoms with E-state index in [4.69, 9.17) is 0 Å². The zero-order valence-corrected chi connectivity index (χ0v) is 21.9. The van der Waals surface area contributed by atoms with Crippen molar-refractivity contribution in [3.63, 3.8) is 0 Å². The zero-order chi connectivity index (χ0) is 25.9. The van der Waals surface area contributed by atoms with Gasteiger partial charge in [0.05, 0.1) is 0 Å². The van der Waals surface area contributed by atoms with E-state index in [0.29, 0.717) is 0 Å². The zero-order valence-electron chi connectivity index (χ0n) is 21.9. The van der Waals surface area contributed by atoms with Crippen LogP contribution in [0.2, 0.25) is 0 Å². The van der Waals surface area contributed by atoms with Gasteiger partial charge in [0.1, 0.15) is 0 Å². The van der Waals surface area contributed by atoms with Gasteiger partial charge in [-0.05, 0) is 75.5 Å². The lowest BCUT2D eigenvalue weighted by Crippen LogP contribution is -1.98. The molecule has 0 amide bonds. The molecule has 0 aliphatic carbocycles. The van der Waals surface area contributed by atoms with Crippen LogP contribution in [0.4, 0.5) is 0 Å². The molecule has 0 radical (unpaired) electrons. The smallest absolute Gasteiger partial charge is 0.00143 e. The second kappa shape index (κ2) is 10.4. The van der Waals surface area contributed by atoms with Crippen molar-refractivity contribution in [2.75, 3.05) is 0 Å². The van der Waals surface area contributed by atoms with Crippen molar-refractivity contribution in [2.24, 2.45) is 0 Å². The van der Waals surface area contributed by atoms with E-state index >= 15 is 0 Å². The van der Waals surface area contributed by atoms with Crippen LogP contribution in [0.25, 0.3) is 55.6 Å². The van der Waals surface area contributed by atoms with Crippen LogP contribution < -0.4 is 0 Å². The summed E-state index contributed by atoms with van der Waals surface area (Å²) in [6.45, 7) is 4.29. The SMILES string of the molecule is Cc1ccc(-c2cc(-c3ccccc3)c(-c3ccc(C)cc3)c(-c3ccccc3)c2-c2ccccc2)cc1. The molecule has 6 aromatic rings. The molecule has 38 heavy (non-hydrogen) atoms. The molecular formula is C38H30. The van der Waals surface area contributed by atoms with Crippen LogP contribution in [-0.4, -0.2) is 0 Å². The Bertz CT molecular complexity index is 1660. The maximum absolute atomic E-state index is 2.41. The first kappa shape index (κ1) is 23.7. The van der Waals surface area contributed by atoms with E-state index in [9.17, 15) is 0 Å². The highest BCUT2D eigenvalue weighted by atomic mass is 14.3. The predicted molar refractivity (Wildman–Crippen MR) is 163 cm³/mol. The van der Waals surface area contributed by atoms with Crippen molar-refractivity contribution >= 4 is 0 Å². The average Bonchev–Trinajstić information content (AvgIpc) is 2.98. The Kier molecular flexibility index (Phi) is 6.46. The predicted octanol–water partition coefficient (Wildman–Crippen LogP) is 10.6. The van der Waals surface area contributed by atoms with Crippen LogP contribution in [0.15, 0.2) is 146 Å². The quantitative estimate of drug-likeness (QED) is 0.227. The first-order valence-electron chi connectivity index (χ1n) is 13.2. The minimum absolute atomic E-state index is 1.22. The highest BCUT2D eigenvalue weighted by Gasteiger charge is 2.23. The molecule has 6 rings (SSSR count). The molecule has 0 aliphatic heterocycles. The fraction of sp³-hybridized carbons (Fsp3) is 0.0526. The summed E-state index contributed by atoms with van der Waals surface area (Å²) in [4.78, 5) is 0. The molecule has 0 saturated carbocycles. The molecule has 0 unspecified atom stereocenters. The van der Waals surface area contributed by atoms with Crippen LogP contribution in [0, 0.1) is 13.8 Å². The summed E-state index contributed by atoms with van der Waals surface area (Å²) >= 11 is 0. The van der Waals surface area contributed by atoms with Crippen molar-refractivity contribution in [2.45, 2.75) is 13.8 Å². The molecule has 0 saturated heterocycles. The van der Waals surface area contributed by atoms with Gasteiger partial charge in [-0.2, -0.15) is 0 Å². The van der Waals surface area contributed by atoms with E-state index in [0.717, 1.165) is 0 Å². The van der Waals surface area contributed by atoms with Crippen molar-refractivity contribution in [3.8, 4) is 55.6 Å². The van der Waals surface area contributed by atoms with Gasteiger partial charge in [-0.1, -0.05) is 151 Å². The molecule has 0 bridgehead atoms. The van der Waals surface area contributed by atoms with E-state index in [1.54, 1.807) is 0 Å². The van der Waals surface area contributed by atoms with Gasteiger partial charge in [-0.15, -0.1) is 0 Å². The van der Waals surface area contributed by atoms with Gasteiger partial charge >= 0.3 is 0 Å². The highest BCUT2D eigenvalue weighted by Crippen LogP contribution is 2.50. The van der Waals surface area contributed by atoms with Crippen LogP contribution in [0.3, 0.4) is 0 Å². The molecule has 6 aromatic carbocycles. The standard InChI is InChI=1S/C38H30/c1-27-18-22-30(23-19-27)35-26-34(29-12-6-3-7-13-29)37(33-24-20-28(2)21-25-33)38(32-16-10-5-11-17-32)36(35)31-14-8-4-9-15-31/h3-26H,1-2H3. The molecule has 0 nitrogen and oxygen atoms in total. The van der Waals surface area contributed by atoms with E-state index < -0.39 is 0 Å². The molecule has 0 atom stereocenters. The Balaban J connectivity index is 1.83. The number of benzene rings is 6. The van der Waals surface area contributed by atoms with Gasteiger partial charge < -0.3 is 0 Å². The minimum atomic E-state index is 1.22. The van der Waals surface area contributed by atoms with E-state index in [-0.39, 0.29) is 0 Å². The summed E-state index contributed by atoms with van der Waals surface area (Å²) in [6, 6.07) is 52.8. The van der Waals surface area contributed by atoms with Crippen LogP contribution in [0.1, 0.15) is 11.1 Å². The topological polar surface area (TPSA) is 0 Å². The molecule has 0 spiro atoms. The molecule has 0 heterocycles. The summed E-state index contributed by atoms with van der Waals surface area (Å²) in [5.74, 6) is 0. The molecule has 0 aromatic heterocycles. The number of hydrogen-bond acceptors (Lipinski definition) is 0. The molecule has 0 fully saturated rings. The van der Waals surface area contributed by atoms with E-state index in [1.807, 2.05) is 0 Å². The van der Waals surface area contributed by atoms with Gasteiger partial charge in [0.15, 0.2) is 0 Å². The Hall–Kier alpha value is -4.68. The third-order valence-electron chi connectivity index (χ3n) is 7.24. The lowest BCUT2D eigenvalue weighted by atomic mass is 9.79. The number of aryl methyl sites for hydroxylation is 2. The Morgan fingerprint density at radius 2 is 0.605 bits per heavy atom. The summed E-state index contributed by atoms with van der Waals surface area (Å²) in [6.07, 6.45) is 0. The molecule has 0 N–H and O–H groups in total.